The van der Waals surface area contributed by atoms with Crippen LogP contribution in [0.5, 0.6) is 0 Å². The van der Waals surface area contributed by atoms with Crippen LogP contribution in [0, 0.1) is 13.8 Å². The van der Waals surface area contributed by atoms with Crippen molar-refractivity contribution in [2.45, 2.75) is 33.4 Å². The predicted molar refractivity (Wildman–Crippen MR) is 96.3 cm³/mol. The molecule has 1 aliphatic heterocycles. The SMILES string of the molecule is Cc1ccc(CN2CCc3c(nc(-c4ccco4)[nH]c3=O)C2)c(C)c1. The number of nitrogens with zero attached hydrogens (tertiary/aromatic N) is 2. The summed E-state index contributed by atoms with van der Waals surface area (Å²) in [5, 5.41) is 0. The molecule has 5 heteroatoms. The molecule has 3 aromatic rings. The maximum absolute atomic E-state index is 12.4. The topological polar surface area (TPSA) is 62.1 Å². The van der Waals surface area contributed by atoms with Crippen LogP contribution >= 0.6 is 0 Å². The Kier molecular flexibility index (Phi) is 4.01. The van der Waals surface area contributed by atoms with E-state index in [-0.39, 0.29) is 5.56 Å². The lowest BCUT2D eigenvalue weighted by Crippen LogP contribution is -2.35. The van der Waals surface area contributed by atoms with Crippen molar-refractivity contribution in [1.82, 2.24) is 14.9 Å². The van der Waals surface area contributed by atoms with E-state index in [1.165, 1.54) is 16.7 Å². The molecule has 4 rings (SSSR count). The highest BCUT2D eigenvalue weighted by Gasteiger charge is 2.22. The molecule has 25 heavy (non-hydrogen) atoms. The molecule has 128 valence electrons. The molecular weight excluding hydrogens is 314 g/mol. The van der Waals surface area contributed by atoms with Gasteiger partial charge >= 0.3 is 0 Å². The molecule has 1 N–H and O–H groups in total. The molecule has 0 saturated heterocycles. The third-order valence-corrected chi connectivity index (χ3v) is 4.80. The van der Waals surface area contributed by atoms with Gasteiger partial charge in [0.1, 0.15) is 0 Å². The molecule has 0 amide bonds. The fourth-order valence-corrected chi connectivity index (χ4v) is 3.42. The quantitative estimate of drug-likeness (QED) is 0.798. The summed E-state index contributed by atoms with van der Waals surface area (Å²) in [6, 6.07) is 10.2. The lowest BCUT2D eigenvalue weighted by Gasteiger charge is -2.28. The van der Waals surface area contributed by atoms with Crippen LogP contribution < -0.4 is 5.56 Å². The van der Waals surface area contributed by atoms with E-state index in [0.29, 0.717) is 18.1 Å². The Morgan fingerprint density at radius 3 is 2.92 bits per heavy atom. The molecule has 0 radical (unpaired) electrons. The highest BCUT2D eigenvalue weighted by molar-refractivity contribution is 5.47. The van der Waals surface area contributed by atoms with Gasteiger partial charge in [0, 0.05) is 25.2 Å². The zero-order valence-electron chi connectivity index (χ0n) is 14.5. The van der Waals surface area contributed by atoms with Crippen molar-refractivity contribution >= 4 is 0 Å². The van der Waals surface area contributed by atoms with Gasteiger partial charge in [0.05, 0.1) is 12.0 Å². The van der Waals surface area contributed by atoms with Crippen molar-refractivity contribution in [2.75, 3.05) is 6.54 Å². The predicted octanol–water partition coefficient (Wildman–Crippen LogP) is 3.21. The Morgan fingerprint density at radius 2 is 2.16 bits per heavy atom. The minimum atomic E-state index is -0.0532. The highest BCUT2D eigenvalue weighted by Crippen LogP contribution is 2.21. The number of aryl methyl sites for hydroxylation is 2. The lowest BCUT2D eigenvalue weighted by atomic mass is 10.0. The van der Waals surface area contributed by atoms with Crippen LogP contribution in [0.2, 0.25) is 0 Å². The highest BCUT2D eigenvalue weighted by atomic mass is 16.3. The smallest absolute Gasteiger partial charge is 0.254 e. The summed E-state index contributed by atoms with van der Waals surface area (Å²) in [7, 11) is 0. The summed E-state index contributed by atoms with van der Waals surface area (Å²) >= 11 is 0. The van der Waals surface area contributed by atoms with Crippen molar-refractivity contribution in [3.8, 4) is 11.6 Å². The number of benzene rings is 1. The Hall–Kier alpha value is -2.66. The van der Waals surface area contributed by atoms with Crippen LogP contribution in [0.1, 0.15) is 27.9 Å². The Morgan fingerprint density at radius 1 is 1.28 bits per heavy atom. The van der Waals surface area contributed by atoms with E-state index in [4.69, 9.17) is 4.42 Å². The fourth-order valence-electron chi connectivity index (χ4n) is 3.42. The van der Waals surface area contributed by atoms with Gasteiger partial charge in [-0.1, -0.05) is 23.8 Å². The van der Waals surface area contributed by atoms with E-state index in [2.05, 4.69) is 46.9 Å². The largest absolute Gasteiger partial charge is 0.461 e. The van der Waals surface area contributed by atoms with E-state index in [9.17, 15) is 4.79 Å². The molecule has 0 spiro atoms. The summed E-state index contributed by atoms with van der Waals surface area (Å²) in [5.41, 5.74) is 5.51. The minimum Gasteiger partial charge on any atom is -0.461 e. The van der Waals surface area contributed by atoms with Crippen LogP contribution in [0.3, 0.4) is 0 Å². The molecule has 5 nitrogen and oxygen atoms in total. The van der Waals surface area contributed by atoms with Crippen molar-refractivity contribution in [2.24, 2.45) is 0 Å². The van der Waals surface area contributed by atoms with Gasteiger partial charge < -0.3 is 9.40 Å². The van der Waals surface area contributed by atoms with Gasteiger partial charge in [-0.15, -0.1) is 0 Å². The molecular formula is C20H21N3O2. The Labute approximate surface area is 146 Å². The average Bonchev–Trinajstić information content (AvgIpc) is 3.12. The molecule has 2 aromatic heterocycles. The summed E-state index contributed by atoms with van der Waals surface area (Å²) < 4.78 is 5.37. The average molecular weight is 335 g/mol. The molecule has 3 heterocycles. The van der Waals surface area contributed by atoms with E-state index in [1.807, 2.05) is 0 Å². The summed E-state index contributed by atoms with van der Waals surface area (Å²) in [5.74, 6) is 1.09. The number of fused-ring (bicyclic) bond motifs is 1. The van der Waals surface area contributed by atoms with Crippen molar-refractivity contribution in [1.29, 1.82) is 0 Å². The Bertz CT molecular complexity index is 958. The molecule has 0 fully saturated rings. The molecule has 0 atom stereocenters. The monoisotopic (exact) mass is 335 g/mol. The van der Waals surface area contributed by atoms with Gasteiger partial charge in [0.2, 0.25) is 0 Å². The minimum absolute atomic E-state index is 0.0532. The number of aromatic amines is 1. The van der Waals surface area contributed by atoms with E-state index < -0.39 is 0 Å². The maximum Gasteiger partial charge on any atom is 0.254 e. The number of hydrogen-bond donors (Lipinski definition) is 1. The van der Waals surface area contributed by atoms with Gasteiger partial charge in [0.15, 0.2) is 11.6 Å². The fraction of sp³-hybridized carbons (Fsp3) is 0.300. The van der Waals surface area contributed by atoms with E-state index in [1.54, 1.807) is 18.4 Å². The molecule has 0 saturated carbocycles. The van der Waals surface area contributed by atoms with Crippen LogP contribution in [-0.2, 0) is 19.5 Å². The first-order chi connectivity index (χ1) is 12.1. The first-order valence-electron chi connectivity index (χ1n) is 8.54. The van der Waals surface area contributed by atoms with Gasteiger partial charge in [-0.2, -0.15) is 0 Å². The third kappa shape index (κ3) is 3.15. The standard InChI is InChI=1S/C20H21N3O2/c1-13-5-6-15(14(2)10-13)11-23-8-7-16-17(12-23)21-19(22-20(16)24)18-4-3-9-25-18/h3-6,9-10H,7-8,11-12H2,1-2H3,(H,21,22,24). The van der Waals surface area contributed by atoms with Crippen LogP contribution in [0.25, 0.3) is 11.6 Å². The van der Waals surface area contributed by atoms with Crippen molar-refractivity contribution < 1.29 is 4.42 Å². The number of aromatic nitrogens is 2. The first kappa shape index (κ1) is 15.8. The zero-order valence-corrected chi connectivity index (χ0v) is 14.5. The van der Waals surface area contributed by atoms with Gasteiger partial charge in [-0.05, 0) is 43.5 Å². The zero-order chi connectivity index (χ0) is 17.4. The van der Waals surface area contributed by atoms with Crippen molar-refractivity contribution in [3.05, 3.63) is 74.9 Å². The number of furan rings is 1. The lowest BCUT2D eigenvalue weighted by molar-refractivity contribution is 0.240. The molecule has 0 aliphatic carbocycles. The third-order valence-electron chi connectivity index (χ3n) is 4.80. The second kappa shape index (κ2) is 6.33. The second-order valence-corrected chi connectivity index (χ2v) is 6.71. The van der Waals surface area contributed by atoms with E-state index in [0.717, 1.165) is 30.8 Å². The number of hydrogen-bond acceptors (Lipinski definition) is 4. The van der Waals surface area contributed by atoms with Crippen LogP contribution in [-0.4, -0.2) is 21.4 Å². The number of H-pyrrole nitrogens is 1. The van der Waals surface area contributed by atoms with Gasteiger partial charge in [0.25, 0.3) is 5.56 Å². The van der Waals surface area contributed by atoms with E-state index >= 15 is 0 Å². The first-order valence-corrected chi connectivity index (χ1v) is 8.54. The summed E-state index contributed by atoms with van der Waals surface area (Å²) in [6.45, 7) is 6.68. The van der Waals surface area contributed by atoms with Gasteiger partial charge in [-0.25, -0.2) is 4.98 Å². The van der Waals surface area contributed by atoms with Crippen LogP contribution in [0.4, 0.5) is 0 Å². The molecule has 1 aliphatic rings. The molecule has 1 aromatic carbocycles. The summed E-state index contributed by atoms with van der Waals surface area (Å²) in [4.78, 5) is 22.2. The van der Waals surface area contributed by atoms with Crippen molar-refractivity contribution in [3.63, 3.8) is 0 Å². The molecule has 0 unspecified atom stereocenters. The summed E-state index contributed by atoms with van der Waals surface area (Å²) in [6.07, 6.45) is 2.31. The van der Waals surface area contributed by atoms with Crippen LogP contribution in [0.15, 0.2) is 45.8 Å². The Balaban J connectivity index is 1.61. The normalized spacial score (nSPS) is 14.5. The maximum atomic E-state index is 12.4. The number of nitrogens with one attached hydrogen (secondary N) is 1. The van der Waals surface area contributed by atoms with Gasteiger partial charge in [-0.3, -0.25) is 9.69 Å². The second-order valence-electron chi connectivity index (χ2n) is 6.71. The molecule has 0 bridgehead atoms. The number of rotatable bonds is 3.